The Kier molecular flexibility index (Phi) is 2.46. The van der Waals surface area contributed by atoms with E-state index in [-0.39, 0.29) is 11.9 Å². The number of para-hydroxylation sites is 1. The summed E-state index contributed by atoms with van der Waals surface area (Å²) in [6.45, 7) is 0. The highest BCUT2D eigenvalue weighted by molar-refractivity contribution is 5.90. The monoisotopic (exact) mass is 202 g/mol. The summed E-state index contributed by atoms with van der Waals surface area (Å²) >= 11 is 0. The Morgan fingerprint density at radius 2 is 2.07 bits per heavy atom. The first-order valence-corrected chi connectivity index (χ1v) is 4.93. The van der Waals surface area contributed by atoms with E-state index in [4.69, 9.17) is 0 Å². The van der Waals surface area contributed by atoms with Crippen molar-refractivity contribution in [1.82, 2.24) is 4.90 Å². The van der Waals surface area contributed by atoms with Crippen LogP contribution in [-0.4, -0.2) is 30.9 Å². The smallest absolute Gasteiger partial charge is 0.248 e. The largest absolute Gasteiger partial charge is 0.370 e. The van der Waals surface area contributed by atoms with Crippen molar-refractivity contribution in [2.45, 2.75) is 6.04 Å². The Bertz CT molecular complexity index is 410. The molecule has 0 saturated carbocycles. The zero-order valence-electron chi connectivity index (χ0n) is 8.90. The molecular formula is C12H14N2O. The molecule has 1 aliphatic rings. The molecule has 15 heavy (non-hydrogen) atoms. The first-order valence-electron chi connectivity index (χ1n) is 4.93. The van der Waals surface area contributed by atoms with Gasteiger partial charge in [-0.15, -0.1) is 0 Å². The van der Waals surface area contributed by atoms with Crippen LogP contribution in [-0.2, 0) is 4.79 Å². The van der Waals surface area contributed by atoms with E-state index < -0.39 is 0 Å². The molecule has 78 valence electrons. The molecule has 1 N–H and O–H groups in total. The second-order valence-electron chi connectivity index (χ2n) is 3.80. The van der Waals surface area contributed by atoms with Crippen LogP contribution in [0.2, 0.25) is 0 Å². The van der Waals surface area contributed by atoms with Crippen molar-refractivity contribution < 1.29 is 4.79 Å². The maximum absolute atomic E-state index is 11.7. The summed E-state index contributed by atoms with van der Waals surface area (Å²) in [6, 6.07) is 7.71. The predicted molar refractivity (Wildman–Crippen MR) is 61.6 cm³/mol. The molecular weight excluding hydrogens is 188 g/mol. The van der Waals surface area contributed by atoms with Gasteiger partial charge < -0.3 is 10.2 Å². The minimum absolute atomic E-state index is 0.0701. The van der Waals surface area contributed by atoms with E-state index in [9.17, 15) is 4.79 Å². The molecule has 1 aliphatic heterocycles. The maximum Gasteiger partial charge on any atom is 0.248 e. The van der Waals surface area contributed by atoms with Gasteiger partial charge in [-0.2, -0.15) is 0 Å². The van der Waals surface area contributed by atoms with Gasteiger partial charge >= 0.3 is 0 Å². The summed E-state index contributed by atoms with van der Waals surface area (Å²) in [5.41, 5.74) is 2.14. The fourth-order valence-electron chi connectivity index (χ4n) is 1.61. The zero-order chi connectivity index (χ0) is 10.8. The molecule has 3 heteroatoms. The van der Waals surface area contributed by atoms with E-state index in [0.29, 0.717) is 0 Å². The molecule has 0 fully saturated rings. The number of benzene rings is 1. The number of rotatable bonds is 1. The molecule has 0 saturated heterocycles. The summed E-state index contributed by atoms with van der Waals surface area (Å²) < 4.78 is 0. The molecule has 0 bridgehead atoms. The lowest BCUT2D eigenvalue weighted by atomic mass is 10.1. The standard InChI is InChI=1S/C12H14N2O/c1-14(2)12(15)11-8-7-9-5-3-4-6-10(9)13-11/h3-8,11,13H,1-2H3. The van der Waals surface area contributed by atoms with Crippen LogP contribution in [0.5, 0.6) is 0 Å². The van der Waals surface area contributed by atoms with E-state index >= 15 is 0 Å². The molecule has 0 spiro atoms. The van der Waals surface area contributed by atoms with Gasteiger partial charge in [0.15, 0.2) is 0 Å². The Hall–Kier alpha value is -1.77. The van der Waals surface area contributed by atoms with Crippen LogP contribution in [0.15, 0.2) is 30.3 Å². The van der Waals surface area contributed by atoms with Gasteiger partial charge in [0, 0.05) is 19.8 Å². The number of fused-ring (bicyclic) bond motifs is 1. The molecule has 1 amide bonds. The molecule has 1 aromatic rings. The fraction of sp³-hybridized carbons (Fsp3) is 0.250. The number of nitrogens with one attached hydrogen (secondary N) is 1. The van der Waals surface area contributed by atoms with Crippen LogP contribution >= 0.6 is 0 Å². The van der Waals surface area contributed by atoms with Gasteiger partial charge in [-0.05, 0) is 11.6 Å². The molecule has 1 heterocycles. The highest BCUT2D eigenvalue weighted by Crippen LogP contribution is 2.22. The number of nitrogens with zero attached hydrogens (tertiary/aromatic N) is 1. The molecule has 0 aliphatic carbocycles. The third-order valence-electron chi connectivity index (χ3n) is 2.45. The number of hydrogen-bond acceptors (Lipinski definition) is 2. The van der Waals surface area contributed by atoms with Crippen LogP contribution in [0.4, 0.5) is 5.69 Å². The SMILES string of the molecule is CN(C)C(=O)C1C=Cc2ccccc2N1. The second kappa shape index (κ2) is 3.77. The quantitative estimate of drug-likeness (QED) is 0.750. The van der Waals surface area contributed by atoms with Gasteiger partial charge in [0.1, 0.15) is 6.04 Å². The lowest BCUT2D eigenvalue weighted by molar-refractivity contribution is -0.128. The molecule has 1 atom stereocenters. The van der Waals surface area contributed by atoms with Gasteiger partial charge in [0.05, 0.1) is 0 Å². The molecule has 0 radical (unpaired) electrons. The van der Waals surface area contributed by atoms with Gasteiger partial charge in [-0.3, -0.25) is 4.79 Å². The summed E-state index contributed by atoms with van der Waals surface area (Å²) in [4.78, 5) is 13.3. The first kappa shape index (κ1) is 9.77. The molecule has 0 aromatic heterocycles. The molecule has 2 rings (SSSR count). The summed E-state index contributed by atoms with van der Waals surface area (Å²) in [7, 11) is 3.52. The number of anilines is 1. The van der Waals surface area contributed by atoms with Crippen molar-refractivity contribution in [3.63, 3.8) is 0 Å². The van der Waals surface area contributed by atoms with E-state index in [2.05, 4.69) is 5.32 Å². The zero-order valence-corrected chi connectivity index (χ0v) is 8.90. The maximum atomic E-state index is 11.7. The van der Waals surface area contributed by atoms with Gasteiger partial charge in [-0.25, -0.2) is 0 Å². The van der Waals surface area contributed by atoms with Crippen molar-refractivity contribution in [3.05, 3.63) is 35.9 Å². The van der Waals surface area contributed by atoms with E-state index in [1.165, 1.54) is 0 Å². The molecule has 3 nitrogen and oxygen atoms in total. The molecule has 1 unspecified atom stereocenters. The fourth-order valence-corrected chi connectivity index (χ4v) is 1.61. The van der Waals surface area contributed by atoms with Gasteiger partial charge in [0.2, 0.25) is 5.91 Å². The van der Waals surface area contributed by atoms with Crippen LogP contribution in [0, 0.1) is 0 Å². The second-order valence-corrected chi connectivity index (χ2v) is 3.80. The number of amides is 1. The number of carbonyl (C=O) groups is 1. The average Bonchev–Trinajstić information content (AvgIpc) is 2.27. The van der Waals surface area contributed by atoms with Crippen molar-refractivity contribution in [2.75, 3.05) is 19.4 Å². The van der Waals surface area contributed by atoms with Crippen molar-refractivity contribution in [3.8, 4) is 0 Å². The number of likely N-dealkylation sites (N-methyl/N-ethyl adjacent to an activating group) is 1. The van der Waals surface area contributed by atoms with E-state index in [0.717, 1.165) is 11.3 Å². The number of hydrogen-bond donors (Lipinski definition) is 1. The lowest BCUT2D eigenvalue weighted by Crippen LogP contribution is -2.38. The van der Waals surface area contributed by atoms with Crippen LogP contribution in [0.1, 0.15) is 5.56 Å². The third kappa shape index (κ3) is 1.86. The Labute approximate surface area is 89.4 Å². The normalized spacial score (nSPS) is 17.9. The Morgan fingerprint density at radius 3 is 2.80 bits per heavy atom. The van der Waals surface area contributed by atoms with Crippen LogP contribution in [0.25, 0.3) is 6.08 Å². The van der Waals surface area contributed by atoms with Crippen LogP contribution in [0.3, 0.4) is 0 Å². The van der Waals surface area contributed by atoms with Gasteiger partial charge in [0.25, 0.3) is 0 Å². The minimum atomic E-state index is -0.241. The van der Waals surface area contributed by atoms with Crippen molar-refractivity contribution in [1.29, 1.82) is 0 Å². The third-order valence-corrected chi connectivity index (χ3v) is 2.45. The van der Waals surface area contributed by atoms with Crippen molar-refractivity contribution >= 4 is 17.7 Å². The minimum Gasteiger partial charge on any atom is -0.370 e. The predicted octanol–water partition coefficient (Wildman–Crippen LogP) is 1.58. The first-order chi connectivity index (χ1) is 7.18. The van der Waals surface area contributed by atoms with Gasteiger partial charge in [-0.1, -0.05) is 30.4 Å². The average molecular weight is 202 g/mol. The van der Waals surface area contributed by atoms with E-state index in [1.807, 2.05) is 36.4 Å². The highest BCUT2D eigenvalue weighted by atomic mass is 16.2. The topological polar surface area (TPSA) is 32.3 Å². The van der Waals surface area contributed by atoms with Crippen LogP contribution < -0.4 is 5.32 Å². The highest BCUT2D eigenvalue weighted by Gasteiger charge is 2.20. The van der Waals surface area contributed by atoms with E-state index in [1.54, 1.807) is 19.0 Å². The van der Waals surface area contributed by atoms with Crippen molar-refractivity contribution in [2.24, 2.45) is 0 Å². The summed E-state index contributed by atoms with van der Waals surface area (Å²) in [5.74, 6) is 0.0701. The Morgan fingerprint density at radius 1 is 1.33 bits per heavy atom. The lowest BCUT2D eigenvalue weighted by Gasteiger charge is -2.23. The summed E-state index contributed by atoms with van der Waals surface area (Å²) in [6.07, 6.45) is 3.88. The Balaban J connectivity index is 2.23. The summed E-state index contributed by atoms with van der Waals surface area (Å²) in [5, 5.41) is 3.20. The number of carbonyl (C=O) groups excluding carboxylic acids is 1. The molecule has 1 aromatic carbocycles.